The normalized spacial score (nSPS) is 17.6. The Bertz CT molecular complexity index is 472. The summed E-state index contributed by atoms with van der Waals surface area (Å²) in [6.45, 7) is 2.69. The number of rotatable bonds is 4. The van der Waals surface area contributed by atoms with Gasteiger partial charge >= 0.3 is 0 Å². The molecule has 6 nitrogen and oxygen atoms in total. The number of carbonyl (C=O) groups is 2. The molecular weight excluding hydrogens is 258 g/mol. The Hall–Kier alpha value is -1.95. The van der Waals surface area contributed by atoms with E-state index >= 15 is 0 Å². The zero-order valence-electron chi connectivity index (χ0n) is 11.5. The van der Waals surface area contributed by atoms with Crippen LogP contribution < -0.4 is 5.32 Å². The molecule has 0 unspecified atom stereocenters. The molecule has 2 heterocycles. The summed E-state index contributed by atoms with van der Waals surface area (Å²) in [6.07, 6.45) is 3.94. The van der Waals surface area contributed by atoms with Crippen molar-refractivity contribution in [2.45, 2.75) is 31.9 Å². The zero-order valence-corrected chi connectivity index (χ0v) is 11.5. The molecule has 0 bridgehead atoms. The van der Waals surface area contributed by atoms with Gasteiger partial charge in [0.25, 0.3) is 0 Å². The summed E-state index contributed by atoms with van der Waals surface area (Å²) in [5, 5.41) is 12.9. The fraction of sp³-hybridized carbons (Fsp3) is 0.500. The number of nitrogens with one attached hydrogen (secondary N) is 1. The van der Waals surface area contributed by atoms with E-state index in [0.29, 0.717) is 18.7 Å². The van der Waals surface area contributed by atoms with Gasteiger partial charge in [0.05, 0.1) is 0 Å². The number of likely N-dealkylation sites (tertiary alicyclic amines) is 1. The molecule has 0 aromatic carbocycles. The van der Waals surface area contributed by atoms with Gasteiger partial charge < -0.3 is 15.3 Å². The fourth-order valence-corrected chi connectivity index (χ4v) is 2.38. The number of amides is 2. The van der Waals surface area contributed by atoms with Crippen molar-refractivity contribution in [2.24, 2.45) is 0 Å². The van der Waals surface area contributed by atoms with Crippen LogP contribution in [0.1, 0.15) is 31.4 Å². The molecule has 1 fully saturated rings. The average molecular weight is 277 g/mol. The highest BCUT2D eigenvalue weighted by atomic mass is 16.3. The predicted octanol–water partition coefficient (Wildman–Crippen LogP) is 0.242. The first-order chi connectivity index (χ1) is 9.59. The second-order valence-electron chi connectivity index (χ2n) is 4.94. The van der Waals surface area contributed by atoms with Crippen LogP contribution in [0.15, 0.2) is 24.5 Å². The summed E-state index contributed by atoms with van der Waals surface area (Å²) in [4.78, 5) is 29.3. The predicted molar refractivity (Wildman–Crippen MR) is 72.6 cm³/mol. The molecule has 2 amide bonds. The summed E-state index contributed by atoms with van der Waals surface area (Å²) in [5.74, 6) is -0.572. The first-order valence-corrected chi connectivity index (χ1v) is 6.73. The molecule has 2 atom stereocenters. The fourth-order valence-electron chi connectivity index (χ4n) is 2.38. The molecule has 108 valence electrons. The second kappa shape index (κ2) is 6.47. The highest BCUT2D eigenvalue weighted by molar-refractivity contribution is 5.87. The van der Waals surface area contributed by atoms with E-state index in [4.69, 9.17) is 0 Å². The quantitative estimate of drug-likeness (QED) is 0.826. The Morgan fingerprint density at radius 3 is 2.45 bits per heavy atom. The first kappa shape index (κ1) is 14.5. The van der Waals surface area contributed by atoms with E-state index in [0.717, 1.165) is 12.8 Å². The van der Waals surface area contributed by atoms with Crippen molar-refractivity contribution in [1.29, 1.82) is 0 Å². The van der Waals surface area contributed by atoms with Crippen molar-refractivity contribution in [1.82, 2.24) is 15.2 Å². The van der Waals surface area contributed by atoms with Crippen molar-refractivity contribution in [3.8, 4) is 0 Å². The standard InChI is InChI=1S/C14H19N3O3/c1-10(18)16-12(14(20)17-8-2-3-9-17)13(19)11-4-6-15-7-5-11/h4-7,12-13,19H,2-3,8-9H2,1H3,(H,16,18)/t12-,13+/m1/s1. The molecule has 0 saturated carbocycles. The minimum atomic E-state index is -1.07. The van der Waals surface area contributed by atoms with Crippen LogP contribution in [0.2, 0.25) is 0 Å². The SMILES string of the molecule is CC(=O)N[C@@H](C(=O)N1CCCC1)[C@@H](O)c1ccncc1. The van der Waals surface area contributed by atoms with Gasteiger partial charge in [0.1, 0.15) is 12.1 Å². The second-order valence-corrected chi connectivity index (χ2v) is 4.94. The van der Waals surface area contributed by atoms with E-state index in [9.17, 15) is 14.7 Å². The molecule has 1 aliphatic heterocycles. The van der Waals surface area contributed by atoms with Crippen molar-refractivity contribution >= 4 is 11.8 Å². The Morgan fingerprint density at radius 2 is 1.90 bits per heavy atom. The molecule has 1 aliphatic rings. The van der Waals surface area contributed by atoms with Gasteiger partial charge in [-0.25, -0.2) is 0 Å². The third kappa shape index (κ3) is 3.33. The number of hydrogen-bond donors (Lipinski definition) is 2. The largest absolute Gasteiger partial charge is 0.386 e. The van der Waals surface area contributed by atoms with E-state index in [2.05, 4.69) is 10.3 Å². The number of carbonyl (C=O) groups excluding carboxylic acids is 2. The van der Waals surface area contributed by atoms with E-state index in [1.54, 1.807) is 29.4 Å². The van der Waals surface area contributed by atoms with Gasteiger partial charge in [-0.3, -0.25) is 14.6 Å². The molecule has 1 aromatic rings. The highest BCUT2D eigenvalue weighted by Crippen LogP contribution is 2.19. The van der Waals surface area contributed by atoms with Crippen LogP contribution in [0.3, 0.4) is 0 Å². The molecule has 1 saturated heterocycles. The maximum absolute atomic E-state index is 12.4. The van der Waals surface area contributed by atoms with E-state index < -0.39 is 12.1 Å². The summed E-state index contributed by atoms with van der Waals surface area (Å²) < 4.78 is 0. The molecule has 20 heavy (non-hydrogen) atoms. The number of aliphatic hydroxyl groups is 1. The molecule has 1 aromatic heterocycles. The lowest BCUT2D eigenvalue weighted by Gasteiger charge is -2.27. The first-order valence-electron chi connectivity index (χ1n) is 6.73. The van der Waals surface area contributed by atoms with Crippen LogP contribution in [0, 0.1) is 0 Å². The van der Waals surface area contributed by atoms with Gasteiger partial charge in [-0.2, -0.15) is 0 Å². The molecule has 0 aliphatic carbocycles. The average Bonchev–Trinajstić information content (AvgIpc) is 2.98. The Kier molecular flexibility index (Phi) is 4.68. The van der Waals surface area contributed by atoms with Crippen LogP contribution in [-0.4, -0.2) is 45.9 Å². The van der Waals surface area contributed by atoms with Crippen molar-refractivity contribution in [2.75, 3.05) is 13.1 Å². The van der Waals surface area contributed by atoms with Crippen molar-refractivity contribution < 1.29 is 14.7 Å². The van der Waals surface area contributed by atoms with Crippen LogP contribution in [0.25, 0.3) is 0 Å². The van der Waals surface area contributed by atoms with Gasteiger partial charge in [-0.05, 0) is 30.5 Å². The van der Waals surface area contributed by atoms with Gasteiger partial charge in [-0.15, -0.1) is 0 Å². The number of aromatic nitrogens is 1. The molecule has 2 rings (SSSR count). The number of hydrogen-bond acceptors (Lipinski definition) is 4. The number of nitrogens with zero attached hydrogens (tertiary/aromatic N) is 2. The number of aliphatic hydroxyl groups excluding tert-OH is 1. The number of pyridine rings is 1. The molecule has 2 N–H and O–H groups in total. The lowest BCUT2D eigenvalue weighted by molar-refractivity contribution is -0.138. The van der Waals surface area contributed by atoms with E-state index in [-0.39, 0.29) is 11.8 Å². The Labute approximate surface area is 117 Å². The lowest BCUT2D eigenvalue weighted by Crippen LogP contribution is -2.50. The third-order valence-electron chi connectivity index (χ3n) is 3.41. The Balaban J connectivity index is 2.18. The molecular formula is C14H19N3O3. The summed E-state index contributed by atoms with van der Waals surface area (Å²) in [7, 11) is 0. The minimum absolute atomic E-state index is 0.234. The molecule has 0 radical (unpaired) electrons. The zero-order chi connectivity index (χ0) is 14.5. The van der Waals surface area contributed by atoms with Crippen LogP contribution in [0.5, 0.6) is 0 Å². The van der Waals surface area contributed by atoms with Crippen LogP contribution >= 0.6 is 0 Å². The third-order valence-corrected chi connectivity index (χ3v) is 3.41. The van der Waals surface area contributed by atoms with Crippen molar-refractivity contribution in [3.63, 3.8) is 0 Å². The van der Waals surface area contributed by atoms with Crippen LogP contribution in [0.4, 0.5) is 0 Å². The highest BCUT2D eigenvalue weighted by Gasteiger charge is 2.33. The summed E-state index contributed by atoms with van der Waals surface area (Å²) in [5.41, 5.74) is 0.561. The lowest BCUT2D eigenvalue weighted by atomic mass is 10.0. The van der Waals surface area contributed by atoms with Gasteiger partial charge in [0, 0.05) is 32.4 Å². The topological polar surface area (TPSA) is 82.5 Å². The maximum Gasteiger partial charge on any atom is 0.248 e. The van der Waals surface area contributed by atoms with E-state index in [1.165, 1.54) is 6.92 Å². The summed E-state index contributed by atoms with van der Waals surface area (Å²) in [6, 6.07) is 2.32. The van der Waals surface area contributed by atoms with Gasteiger partial charge in [0.2, 0.25) is 11.8 Å². The monoisotopic (exact) mass is 277 g/mol. The Morgan fingerprint density at radius 1 is 1.30 bits per heavy atom. The molecule has 0 spiro atoms. The summed E-state index contributed by atoms with van der Waals surface area (Å²) >= 11 is 0. The smallest absolute Gasteiger partial charge is 0.248 e. The van der Waals surface area contributed by atoms with E-state index in [1.807, 2.05) is 0 Å². The van der Waals surface area contributed by atoms with Crippen molar-refractivity contribution in [3.05, 3.63) is 30.1 Å². The maximum atomic E-state index is 12.4. The molecule has 6 heteroatoms. The van der Waals surface area contributed by atoms with Crippen LogP contribution in [-0.2, 0) is 9.59 Å². The van der Waals surface area contributed by atoms with Gasteiger partial charge in [-0.1, -0.05) is 0 Å². The van der Waals surface area contributed by atoms with Gasteiger partial charge in [0.15, 0.2) is 0 Å². The minimum Gasteiger partial charge on any atom is -0.386 e.